The minimum Gasteiger partial charge on any atom is -0.377 e. The highest BCUT2D eigenvalue weighted by Crippen LogP contribution is 2.34. The molecule has 0 amide bonds. The van der Waals surface area contributed by atoms with Crippen LogP contribution in [0.2, 0.25) is 0 Å². The topological polar surface area (TPSA) is 21.3 Å². The van der Waals surface area contributed by atoms with E-state index in [1.165, 1.54) is 43.6 Å². The number of rotatable bonds is 4. The van der Waals surface area contributed by atoms with Gasteiger partial charge in [-0.3, -0.25) is 0 Å². The van der Waals surface area contributed by atoms with E-state index in [4.69, 9.17) is 4.74 Å². The maximum atomic E-state index is 5.60. The van der Waals surface area contributed by atoms with Crippen molar-refractivity contribution in [3.63, 3.8) is 0 Å². The molecule has 2 aliphatic rings. The van der Waals surface area contributed by atoms with E-state index in [1.54, 1.807) is 0 Å². The summed E-state index contributed by atoms with van der Waals surface area (Å²) in [6.45, 7) is 1.06. The first-order valence-corrected chi connectivity index (χ1v) is 6.86. The molecule has 1 saturated carbocycles. The van der Waals surface area contributed by atoms with Crippen molar-refractivity contribution in [2.75, 3.05) is 25.2 Å². The Kier molecular flexibility index (Phi) is 3.74. The Labute approximate surface area is 91.2 Å². The lowest BCUT2D eigenvalue weighted by molar-refractivity contribution is -0.0706. The third-order valence-electron chi connectivity index (χ3n) is 3.57. The van der Waals surface area contributed by atoms with Crippen LogP contribution in [0.4, 0.5) is 0 Å². The van der Waals surface area contributed by atoms with Crippen molar-refractivity contribution in [3.8, 4) is 0 Å². The molecule has 0 aromatic heterocycles. The second kappa shape index (κ2) is 4.86. The molecular weight excluding hydrogens is 194 g/mol. The monoisotopic (exact) mass is 215 g/mol. The van der Waals surface area contributed by atoms with Gasteiger partial charge in [0.2, 0.25) is 0 Å². The molecule has 2 nitrogen and oxygen atoms in total. The van der Waals surface area contributed by atoms with Crippen molar-refractivity contribution < 1.29 is 4.74 Å². The fourth-order valence-electron chi connectivity index (χ4n) is 2.26. The quantitative estimate of drug-likeness (QED) is 0.775. The second-order valence-corrected chi connectivity index (χ2v) is 5.69. The predicted octanol–water partition coefficient (Wildman–Crippen LogP) is 2.04. The summed E-state index contributed by atoms with van der Waals surface area (Å²) < 4.78 is 5.60. The van der Waals surface area contributed by atoms with Gasteiger partial charge >= 0.3 is 0 Å². The minimum atomic E-state index is 0.197. The smallest absolute Gasteiger partial charge is 0.0802 e. The minimum absolute atomic E-state index is 0.197. The molecule has 1 aliphatic heterocycles. The third kappa shape index (κ3) is 2.44. The number of ether oxygens (including phenoxy) is 1. The van der Waals surface area contributed by atoms with Crippen molar-refractivity contribution in [2.24, 2.45) is 0 Å². The maximum absolute atomic E-state index is 5.60. The van der Waals surface area contributed by atoms with Gasteiger partial charge in [0.15, 0.2) is 0 Å². The fourth-order valence-corrected chi connectivity index (χ4v) is 3.36. The maximum Gasteiger partial charge on any atom is 0.0802 e. The summed E-state index contributed by atoms with van der Waals surface area (Å²) in [7, 11) is 1.86. The number of methoxy groups -OCH3 is 1. The summed E-state index contributed by atoms with van der Waals surface area (Å²) in [5.74, 6) is 2.65. The fraction of sp³-hybridized carbons (Fsp3) is 1.00. The van der Waals surface area contributed by atoms with Crippen molar-refractivity contribution >= 4 is 11.8 Å². The van der Waals surface area contributed by atoms with Crippen molar-refractivity contribution in [2.45, 2.75) is 43.7 Å². The Hall–Kier alpha value is 0.270. The van der Waals surface area contributed by atoms with Crippen LogP contribution in [0.1, 0.15) is 32.1 Å². The van der Waals surface area contributed by atoms with E-state index >= 15 is 0 Å². The van der Waals surface area contributed by atoms with Crippen LogP contribution in [-0.2, 0) is 4.74 Å². The van der Waals surface area contributed by atoms with Crippen molar-refractivity contribution in [1.82, 2.24) is 5.32 Å². The molecule has 0 radical (unpaired) electrons. The van der Waals surface area contributed by atoms with E-state index in [9.17, 15) is 0 Å². The zero-order valence-electron chi connectivity index (χ0n) is 9.05. The number of hydrogen-bond acceptors (Lipinski definition) is 3. The van der Waals surface area contributed by atoms with Crippen LogP contribution in [0.5, 0.6) is 0 Å². The van der Waals surface area contributed by atoms with Gasteiger partial charge in [-0.1, -0.05) is 0 Å². The molecule has 0 bridgehead atoms. The van der Waals surface area contributed by atoms with Crippen molar-refractivity contribution in [3.05, 3.63) is 0 Å². The van der Waals surface area contributed by atoms with Crippen LogP contribution in [-0.4, -0.2) is 36.8 Å². The van der Waals surface area contributed by atoms with Crippen LogP contribution in [0.15, 0.2) is 0 Å². The molecule has 82 valence electrons. The largest absolute Gasteiger partial charge is 0.377 e. The van der Waals surface area contributed by atoms with E-state index in [0.29, 0.717) is 0 Å². The Bertz CT molecular complexity index is 171. The molecule has 2 fully saturated rings. The molecule has 1 N–H and O–H groups in total. The molecule has 0 aromatic rings. The Morgan fingerprint density at radius 1 is 1.43 bits per heavy atom. The standard InChI is InChI=1S/C11H21NOS/c1-13-11(5-3-6-11)9-12-10-4-2-7-14-8-10/h10,12H,2-9H2,1H3. The molecule has 1 atom stereocenters. The van der Waals surface area contributed by atoms with Crippen LogP contribution in [0, 0.1) is 0 Å². The lowest BCUT2D eigenvalue weighted by Gasteiger charge is -2.42. The summed E-state index contributed by atoms with van der Waals surface area (Å²) in [4.78, 5) is 0. The van der Waals surface area contributed by atoms with Gasteiger partial charge in [-0.2, -0.15) is 11.8 Å². The second-order valence-electron chi connectivity index (χ2n) is 4.54. The lowest BCUT2D eigenvalue weighted by atomic mass is 9.80. The average molecular weight is 215 g/mol. The molecule has 1 unspecified atom stereocenters. The molecule has 0 aromatic carbocycles. The predicted molar refractivity (Wildman–Crippen MR) is 61.9 cm³/mol. The van der Waals surface area contributed by atoms with Gasteiger partial charge in [-0.25, -0.2) is 0 Å². The first-order chi connectivity index (χ1) is 6.85. The Morgan fingerprint density at radius 2 is 2.29 bits per heavy atom. The van der Waals surface area contributed by atoms with Crippen LogP contribution in [0.3, 0.4) is 0 Å². The lowest BCUT2D eigenvalue weighted by Crippen LogP contribution is -2.51. The first-order valence-electron chi connectivity index (χ1n) is 5.71. The highest BCUT2D eigenvalue weighted by atomic mass is 32.2. The highest BCUT2D eigenvalue weighted by Gasteiger charge is 2.37. The van der Waals surface area contributed by atoms with E-state index in [1.807, 2.05) is 7.11 Å². The first kappa shape index (κ1) is 10.8. The van der Waals surface area contributed by atoms with Crippen molar-refractivity contribution in [1.29, 1.82) is 0 Å². The summed E-state index contributed by atoms with van der Waals surface area (Å²) in [6, 6.07) is 0.737. The zero-order chi connectivity index (χ0) is 9.86. The van der Waals surface area contributed by atoms with Gasteiger partial charge in [-0.05, 0) is 37.9 Å². The van der Waals surface area contributed by atoms with Gasteiger partial charge < -0.3 is 10.1 Å². The highest BCUT2D eigenvalue weighted by molar-refractivity contribution is 7.99. The van der Waals surface area contributed by atoms with Gasteiger partial charge in [0, 0.05) is 25.4 Å². The summed E-state index contributed by atoms with van der Waals surface area (Å²) in [6.07, 6.45) is 6.57. The zero-order valence-corrected chi connectivity index (χ0v) is 9.87. The van der Waals surface area contributed by atoms with Crippen LogP contribution >= 0.6 is 11.8 Å². The summed E-state index contributed by atoms with van der Waals surface area (Å²) >= 11 is 2.08. The third-order valence-corrected chi connectivity index (χ3v) is 4.79. The van der Waals surface area contributed by atoms with E-state index in [-0.39, 0.29) is 5.60 Å². The molecule has 1 heterocycles. The number of hydrogen-bond donors (Lipinski definition) is 1. The SMILES string of the molecule is COC1(CNC2CCCSC2)CCC1. The van der Waals surface area contributed by atoms with E-state index in [2.05, 4.69) is 17.1 Å². The van der Waals surface area contributed by atoms with Gasteiger partial charge in [0.25, 0.3) is 0 Å². The summed E-state index contributed by atoms with van der Waals surface area (Å²) in [5.41, 5.74) is 0.197. The number of nitrogens with one attached hydrogen (secondary N) is 1. The molecule has 14 heavy (non-hydrogen) atoms. The summed E-state index contributed by atoms with van der Waals surface area (Å²) in [5, 5.41) is 3.67. The molecule has 3 heteroatoms. The number of thioether (sulfide) groups is 1. The normalized spacial score (nSPS) is 31.1. The molecule has 0 spiro atoms. The van der Waals surface area contributed by atoms with E-state index in [0.717, 1.165) is 12.6 Å². The Balaban J connectivity index is 1.69. The molecule has 1 saturated heterocycles. The Morgan fingerprint density at radius 3 is 2.79 bits per heavy atom. The average Bonchev–Trinajstić information content (AvgIpc) is 2.19. The van der Waals surface area contributed by atoms with E-state index < -0.39 is 0 Å². The van der Waals surface area contributed by atoms with Gasteiger partial charge in [0.1, 0.15) is 0 Å². The van der Waals surface area contributed by atoms with Crippen LogP contribution in [0.25, 0.3) is 0 Å². The molecule has 1 aliphatic carbocycles. The van der Waals surface area contributed by atoms with Gasteiger partial charge in [0.05, 0.1) is 5.60 Å². The molecule has 2 rings (SSSR count). The van der Waals surface area contributed by atoms with Crippen LogP contribution < -0.4 is 5.32 Å². The van der Waals surface area contributed by atoms with Gasteiger partial charge in [-0.15, -0.1) is 0 Å². The molecular formula is C11H21NOS.